The smallest absolute Gasteiger partial charge is 0.227 e. The molecule has 4 nitrogen and oxygen atoms in total. The maximum absolute atomic E-state index is 12.6. The molecule has 0 radical (unpaired) electrons. The summed E-state index contributed by atoms with van der Waals surface area (Å²) in [7, 11) is 0. The topological polar surface area (TPSA) is 55.6 Å². The van der Waals surface area contributed by atoms with Gasteiger partial charge in [0.05, 0.1) is 12.5 Å². The van der Waals surface area contributed by atoms with Crippen LogP contribution in [0, 0.1) is 5.92 Å². The van der Waals surface area contributed by atoms with Gasteiger partial charge in [-0.1, -0.05) is 18.2 Å². The molecule has 4 heteroatoms. The number of amides is 1. The maximum atomic E-state index is 12.6. The van der Waals surface area contributed by atoms with Crippen LogP contribution >= 0.6 is 0 Å². The molecular weight excluding hydrogens is 276 g/mol. The van der Waals surface area contributed by atoms with Crippen LogP contribution in [0.15, 0.2) is 24.3 Å². The normalized spacial score (nSPS) is 20.0. The highest BCUT2D eigenvalue weighted by atomic mass is 16.5. The first-order valence-corrected chi connectivity index (χ1v) is 8.25. The first-order valence-electron chi connectivity index (χ1n) is 8.25. The number of benzene rings is 1. The predicted molar refractivity (Wildman–Crippen MR) is 88.9 cm³/mol. The Hall–Kier alpha value is -1.55. The number of hydrogen-bond acceptors (Lipinski definition) is 3. The average molecular weight is 304 g/mol. The molecule has 2 atom stereocenters. The highest BCUT2D eigenvalue weighted by Crippen LogP contribution is 2.23. The van der Waals surface area contributed by atoms with Crippen LogP contribution in [-0.4, -0.2) is 36.0 Å². The molecule has 0 spiro atoms. The van der Waals surface area contributed by atoms with Gasteiger partial charge in [-0.05, 0) is 45.6 Å². The van der Waals surface area contributed by atoms with Gasteiger partial charge in [-0.15, -0.1) is 0 Å². The fraction of sp³-hybridized carbons (Fsp3) is 0.611. The zero-order valence-electron chi connectivity index (χ0n) is 13.9. The van der Waals surface area contributed by atoms with Gasteiger partial charge in [-0.25, -0.2) is 0 Å². The van der Waals surface area contributed by atoms with Crippen molar-refractivity contribution in [2.75, 3.05) is 13.1 Å². The first kappa shape index (κ1) is 16.8. The molecule has 2 unspecified atom stereocenters. The Kier molecular flexibility index (Phi) is 5.83. The molecule has 1 heterocycles. The van der Waals surface area contributed by atoms with Crippen molar-refractivity contribution >= 4 is 5.91 Å². The number of ether oxygens (including phenoxy) is 1. The molecule has 1 aliphatic heterocycles. The van der Waals surface area contributed by atoms with E-state index in [1.165, 1.54) is 0 Å². The largest absolute Gasteiger partial charge is 0.491 e. The van der Waals surface area contributed by atoms with E-state index in [1.807, 2.05) is 49.9 Å². The Morgan fingerprint density at radius 1 is 1.36 bits per heavy atom. The molecule has 1 aromatic rings. The molecule has 22 heavy (non-hydrogen) atoms. The SMILES string of the molecule is CC(C)Oc1ccccc1CC(=O)N1CCCC(C(C)N)C1. The van der Waals surface area contributed by atoms with Gasteiger partial charge in [-0.3, -0.25) is 4.79 Å². The molecule has 2 rings (SSSR count). The zero-order chi connectivity index (χ0) is 16.1. The summed E-state index contributed by atoms with van der Waals surface area (Å²) in [6.07, 6.45) is 2.67. The second-order valence-corrected chi connectivity index (χ2v) is 6.55. The van der Waals surface area contributed by atoms with Gasteiger partial charge < -0.3 is 15.4 Å². The lowest BCUT2D eigenvalue weighted by Gasteiger charge is -2.34. The minimum atomic E-state index is 0.105. The number of likely N-dealkylation sites (tertiary alicyclic amines) is 1. The van der Waals surface area contributed by atoms with Crippen molar-refractivity contribution in [1.29, 1.82) is 0 Å². The van der Waals surface area contributed by atoms with Crippen LogP contribution in [0.4, 0.5) is 0 Å². The van der Waals surface area contributed by atoms with E-state index in [0.29, 0.717) is 12.3 Å². The highest BCUT2D eigenvalue weighted by Gasteiger charge is 2.26. The third-order valence-electron chi connectivity index (χ3n) is 4.23. The summed E-state index contributed by atoms with van der Waals surface area (Å²) >= 11 is 0. The van der Waals surface area contributed by atoms with Crippen LogP contribution in [0.1, 0.15) is 39.2 Å². The quantitative estimate of drug-likeness (QED) is 0.909. The molecule has 1 aromatic carbocycles. The summed E-state index contributed by atoms with van der Waals surface area (Å²) in [6.45, 7) is 7.65. The molecule has 1 aliphatic rings. The van der Waals surface area contributed by atoms with Crippen LogP contribution in [0.5, 0.6) is 5.75 Å². The van der Waals surface area contributed by atoms with Gasteiger partial charge in [0.2, 0.25) is 5.91 Å². The number of nitrogens with two attached hydrogens (primary N) is 1. The molecule has 0 saturated carbocycles. The molecule has 1 fully saturated rings. The van der Waals surface area contributed by atoms with E-state index < -0.39 is 0 Å². The second-order valence-electron chi connectivity index (χ2n) is 6.55. The maximum Gasteiger partial charge on any atom is 0.227 e. The molecule has 1 saturated heterocycles. The lowest BCUT2D eigenvalue weighted by atomic mass is 9.92. The summed E-state index contributed by atoms with van der Waals surface area (Å²) in [6, 6.07) is 7.95. The van der Waals surface area contributed by atoms with Gasteiger partial charge >= 0.3 is 0 Å². The van der Waals surface area contributed by atoms with Crippen molar-refractivity contribution in [2.45, 2.75) is 52.2 Å². The van der Waals surface area contributed by atoms with Gasteiger partial charge in [0, 0.05) is 24.7 Å². The molecule has 122 valence electrons. The number of rotatable bonds is 5. The fourth-order valence-corrected chi connectivity index (χ4v) is 2.96. The monoisotopic (exact) mass is 304 g/mol. The molecule has 0 aliphatic carbocycles. The van der Waals surface area contributed by atoms with E-state index >= 15 is 0 Å². The van der Waals surface area contributed by atoms with E-state index in [0.717, 1.165) is 37.2 Å². The van der Waals surface area contributed by atoms with Gasteiger partial charge in [0.1, 0.15) is 5.75 Å². The van der Waals surface area contributed by atoms with Crippen molar-refractivity contribution in [3.63, 3.8) is 0 Å². The minimum absolute atomic E-state index is 0.105. The second kappa shape index (κ2) is 7.63. The van der Waals surface area contributed by atoms with Crippen molar-refractivity contribution in [2.24, 2.45) is 11.7 Å². The number of nitrogens with zero attached hydrogens (tertiary/aromatic N) is 1. The third-order valence-corrected chi connectivity index (χ3v) is 4.23. The Morgan fingerprint density at radius 2 is 2.09 bits per heavy atom. The average Bonchev–Trinajstić information content (AvgIpc) is 2.49. The number of piperidine rings is 1. The summed E-state index contributed by atoms with van der Waals surface area (Å²) in [5, 5.41) is 0. The zero-order valence-corrected chi connectivity index (χ0v) is 13.9. The molecule has 0 bridgehead atoms. The fourth-order valence-electron chi connectivity index (χ4n) is 2.96. The van der Waals surface area contributed by atoms with E-state index in [2.05, 4.69) is 0 Å². The first-order chi connectivity index (χ1) is 10.5. The number of hydrogen-bond donors (Lipinski definition) is 1. The summed E-state index contributed by atoms with van der Waals surface area (Å²) < 4.78 is 5.80. The van der Waals surface area contributed by atoms with Crippen molar-refractivity contribution in [1.82, 2.24) is 4.90 Å². The summed E-state index contributed by atoms with van der Waals surface area (Å²) in [5.74, 6) is 1.40. The lowest BCUT2D eigenvalue weighted by Crippen LogP contribution is -2.45. The van der Waals surface area contributed by atoms with Crippen LogP contribution < -0.4 is 10.5 Å². The molecule has 1 amide bonds. The van der Waals surface area contributed by atoms with Crippen LogP contribution in [-0.2, 0) is 11.2 Å². The van der Waals surface area contributed by atoms with E-state index in [-0.39, 0.29) is 18.1 Å². The van der Waals surface area contributed by atoms with Gasteiger partial charge in [0.15, 0.2) is 0 Å². The Labute approximate surface area is 133 Å². The van der Waals surface area contributed by atoms with E-state index in [1.54, 1.807) is 0 Å². The van der Waals surface area contributed by atoms with Crippen LogP contribution in [0.2, 0.25) is 0 Å². The Morgan fingerprint density at radius 3 is 2.77 bits per heavy atom. The minimum Gasteiger partial charge on any atom is -0.491 e. The number of carbonyl (C=O) groups excluding carboxylic acids is 1. The molecular formula is C18H28N2O2. The van der Waals surface area contributed by atoms with Crippen molar-refractivity contribution < 1.29 is 9.53 Å². The van der Waals surface area contributed by atoms with Gasteiger partial charge in [-0.2, -0.15) is 0 Å². The lowest BCUT2D eigenvalue weighted by molar-refractivity contribution is -0.132. The number of para-hydroxylation sites is 1. The van der Waals surface area contributed by atoms with Crippen molar-refractivity contribution in [3.8, 4) is 5.75 Å². The van der Waals surface area contributed by atoms with Gasteiger partial charge in [0.25, 0.3) is 0 Å². The number of carbonyl (C=O) groups is 1. The summed E-state index contributed by atoms with van der Waals surface area (Å²) in [5.41, 5.74) is 6.97. The van der Waals surface area contributed by atoms with Crippen LogP contribution in [0.25, 0.3) is 0 Å². The van der Waals surface area contributed by atoms with Crippen molar-refractivity contribution in [3.05, 3.63) is 29.8 Å². The molecule has 2 N–H and O–H groups in total. The predicted octanol–water partition coefficient (Wildman–Crippen LogP) is 2.60. The Balaban J connectivity index is 2.02. The van der Waals surface area contributed by atoms with E-state index in [4.69, 9.17) is 10.5 Å². The third kappa shape index (κ3) is 4.47. The standard InChI is InChI=1S/C18H28N2O2/c1-13(2)22-17-9-5-4-7-15(17)11-18(21)20-10-6-8-16(12-20)14(3)19/h4-5,7,9,13-14,16H,6,8,10-12,19H2,1-3H3. The van der Waals surface area contributed by atoms with Crippen LogP contribution in [0.3, 0.4) is 0 Å². The van der Waals surface area contributed by atoms with E-state index in [9.17, 15) is 4.79 Å². The highest BCUT2D eigenvalue weighted by molar-refractivity contribution is 5.79. The summed E-state index contributed by atoms with van der Waals surface area (Å²) in [4.78, 5) is 14.6. The Bertz CT molecular complexity index is 500. The molecule has 0 aromatic heterocycles.